The lowest BCUT2D eigenvalue weighted by Crippen LogP contribution is -2.58. The Bertz CT molecular complexity index is 910. The second-order valence-corrected chi connectivity index (χ2v) is 9.83. The SMILES string of the molecule is COc1ccc(N2CCN([C@H]3CCCC[C@@H]3NS(=O)(=O)c3ccccc3)CC2)cc1. The van der Waals surface area contributed by atoms with Crippen LogP contribution in [0, 0.1) is 0 Å². The van der Waals surface area contributed by atoms with E-state index < -0.39 is 10.0 Å². The van der Waals surface area contributed by atoms with Gasteiger partial charge >= 0.3 is 0 Å². The summed E-state index contributed by atoms with van der Waals surface area (Å²) in [5.74, 6) is 0.869. The molecular formula is C23H31N3O3S. The number of rotatable bonds is 6. The zero-order chi connectivity index (χ0) is 21.0. The van der Waals surface area contributed by atoms with Crippen LogP contribution in [0.5, 0.6) is 5.75 Å². The number of hydrogen-bond donors (Lipinski definition) is 1. The number of sulfonamides is 1. The predicted molar refractivity (Wildman–Crippen MR) is 120 cm³/mol. The number of methoxy groups -OCH3 is 1. The molecule has 1 aliphatic heterocycles. The molecule has 7 heteroatoms. The molecule has 1 saturated carbocycles. The molecule has 0 amide bonds. The van der Waals surface area contributed by atoms with Gasteiger partial charge in [0.1, 0.15) is 5.75 Å². The molecule has 1 heterocycles. The van der Waals surface area contributed by atoms with E-state index >= 15 is 0 Å². The molecule has 0 unspecified atom stereocenters. The molecule has 1 aliphatic carbocycles. The van der Waals surface area contributed by atoms with Gasteiger partial charge < -0.3 is 9.64 Å². The van der Waals surface area contributed by atoms with Crippen molar-refractivity contribution in [2.45, 2.75) is 42.7 Å². The van der Waals surface area contributed by atoms with Crippen molar-refractivity contribution in [1.29, 1.82) is 0 Å². The van der Waals surface area contributed by atoms with Crippen molar-refractivity contribution in [3.05, 3.63) is 54.6 Å². The first-order chi connectivity index (χ1) is 14.6. The van der Waals surface area contributed by atoms with E-state index in [-0.39, 0.29) is 12.1 Å². The van der Waals surface area contributed by atoms with E-state index in [0.717, 1.165) is 57.6 Å². The monoisotopic (exact) mass is 429 g/mol. The second-order valence-electron chi connectivity index (χ2n) is 8.11. The third-order valence-corrected chi connectivity index (χ3v) is 7.82. The van der Waals surface area contributed by atoms with Gasteiger partial charge in [0.25, 0.3) is 0 Å². The van der Waals surface area contributed by atoms with Gasteiger partial charge in [-0.3, -0.25) is 4.90 Å². The Morgan fingerprint density at radius 3 is 2.23 bits per heavy atom. The second kappa shape index (κ2) is 9.37. The smallest absolute Gasteiger partial charge is 0.240 e. The van der Waals surface area contributed by atoms with E-state index in [2.05, 4.69) is 26.7 Å². The summed E-state index contributed by atoms with van der Waals surface area (Å²) >= 11 is 0. The molecule has 0 radical (unpaired) electrons. The van der Waals surface area contributed by atoms with Crippen LogP contribution in [0.2, 0.25) is 0 Å². The van der Waals surface area contributed by atoms with E-state index in [9.17, 15) is 8.42 Å². The number of piperazine rings is 1. The van der Waals surface area contributed by atoms with Crippen LogP contribution in [0.25, 0.3) is 0 Å². The molecule has 0 spiro atoms. The Labute approximate surface area is 179 Å². The van der Waals surface area contributed by atoms with Crippen molar-refractivity contribution in [3.63, 3.8) is 0 Å². The first-order valence-electron chi connectivity index (χ1n) is 10.8. The summed E-state index contributed by atoms with van der Waals surface area (Å²) in [6, 6.07) is 17.1. The molecule has 0 aromatic heterocycles. The summed E-state index contributed by atoms with van der Waals surface area (Å²) < 4.78 is 34.0. The minimum atomic E-state index is -3.49. The zero-order valence-corrected chi connectivity index (χ0v) is 18.4. The molecule has 1 saturated heterocycles. The lowest BCUT2D eigenvalue weighted by molar-refractivity contribution is 0.124. The van der Waals surface area contributed by atoms with Crippen LogP contribution in [-0.2, 0) is 10.0 Å². The summed E-state index contributed by atoms with van der Waals surface area (Å²) in [5, 5.41) is 0. The number of nitrogens with one attached hydrogen (secondary N) is 1. The van der Waals surface area contributed by atoms with Gasteiger partial charge in [-0.1, -0.05) is 31.0 Å². The minimum Gasteiger partial charge on any atom is -0.497 e. The zero-order valence-electron chi connectivity index (χ0n) is 17.5. The van der Waals surface area contributed by atoms with Crippen molar-refractivity contribution in [2.75, 3.05) is 38.2 Å². The summed E-state index contributed by atoms with van der Waals surface area (Å²) in [5.41, 5.74) is 1.21. The highest BCUT2D eigenvalue weighted by atomic mass is 32.2. The minimum absolute atomic E-state index is 0.0310. The Morgan fingerprint density at radius 2 is 1.57 bits per heavy atom. The molecular weight excluding hydrogens is 398 g/mol. The fourth-order valence-electron chi connectivity index (χ4n) is 4.66. The van der Waals surface area contributed by atoms with Gasteiger partial charge in [-0.25, -0.2) is 13.1 Å². The maximum atomic E-state index is 12.9. The molecule has 4 rings (SSSR count). The van der Waals surface area contributed by atoms with Gasteiger partial charge in [0.2, 0.25) is 10.0 Å². The van der Waals surface area contributed by atoms with Crippen molar-refractivity contribution >= 4 is 15.7 Å². The van der Waals surface area contributed by atoms with Gasteiger partial charge in [-0.15, -0.1) is 0 Å². The molecule has 0 bridgehead atoms. The molecule has 2 aliphatic rings. The Kier molecular flexibility index (Phi) is 6.61. The summed E-state index contributed by atoms with van der Waals surface area (Å²) in [6.07, 6.45) is 4.18. The number of benzene rings is 2. The maximum absolute atomic E-state index is 12.9. The van der Waals surface area contributed by atoms with Gasteiger partial charge in [-0.05, 0) is 49.2 Å². The van der Waals surface area contributed by atoms with E-state index in [1.54, 1.807) is 31.4 Å². The van der Waals surface area contributed by atoms with Crippen molar-refractivity contribution in [2.24, 2.45) is 0 Å². The molecule has 30 heavy (non-hydrogen) atoms. The third kappa shape index (κ3) is 4.79. The molecule has 2 fully saturated rings. The first-order valence-corrected chi connectivity index (χ1v) is 12.3. The molecule has 2 aromatic carbocycles. The van der Waals surface area contributed by atoms with Crippen LogP contribution in [0.1, 0.15) is 25.7 Å². The lowest BCUT2D eigenvalue weighted by atomic mass is 9.89. The highest BCUT2D eigenvalue weighted by Crippen LogP contribution is 2.27. The number of anilines is 1. The standard InChI is InChI=1S/C23H31N3O3S/c1-29-20-13-11-19(12-14-20)25-15-17-26(18-16-25)23-10-6-5-9-22(23)24-30(27,28)21-7-3-2-4-8-21/h2-4,7-8,11-14,22-24H,5-6,9-10,15-18H2,1H3/t22-,23-/m0/s1. The third-order valence-electron chi connectivity index (χ3n) is 6.31. The van der Waals surface area contributed by atoms with Gasteiger partial charge in [0, 0.05) is 44.0 Å². The molecule has 1 N–H and O–H groups in total. The van der Waals surface area contributed by atoms with Crippen molar-refractivity contribution in [1.82, 2.24) is 9.62 Å². The largest absolute Gasteiger partial charge is 0.497 e. The van der Waals surface area contributed by atoms with Gasteiger partial charge in [0.15, 0.2) is 0 Å². The number of nitrogens with zero attached hydrogens (tertiary/aromatic N) is 2. The Balaban J connectivity index is 1.40. The van der Waals surface area contributed by atoms with E-state index in [1.165, 1.54) is 5.69 Å². The van der Waals surface area contributed by atoms with Crippen molar-refractivity contribution in [3.8, 4) is 5.75 Å². The number of hydrogen-bond acceptors (Lipinski definition) is 5. The molecule has 162 valence electrons. The van der Waals surface area contributed by atoms with E-state index in [0.29, 0.717) is 4.90 Å². The lowest BCUT2D eigenvalue weighted by Gasteiger charge is -2.44. The van der Waals surface area contributed by atoms with Crippen LogP contribution in [0.4, 0.5) is 5.69 Å². The van der Waals surface area contributed by atoms with Crippen LogP contribution in [-0.4, -0.2) is 58.7 Å². The Morgan fingerprint density at radius 1 is 0.900 bits per heavy atom. The highest BCUT2D eigenvalue weighted by Gasteiger charge is 2.34. The quantitative estimate of drug-likeness (QED) is 0.765. The maximum Gasteiger partial charge on any atom is 0.240 e. The summed E-state index contributed by atoms with van der Waals surface area (Å²) in [6.45, 7) is 3.78. The highest BCUT2D eigenvalue weighted by molar-refractivity contribution is 7.89. The average Bonchev–Trinajstić information content (AvgIpc) is 2.80. The molecule has 2 aromatic rings. The Hall–Kier alpha value is -2.09. The van der Waals surface area contributed by atoms with Crippen LogP contribution >= 0.6 is 0 Å². The van der Waals surface area contributed by atoms with Crippen LogP contribution < -0.4 is 14.4 Å². The van der Waals surface area contributed by atoms with E-state index in [4.69, 9.17) is 4.74 Å². The van der Waals surface area contributed by atoms with Crippen LogP contribution in [0.15, 0.2) is 59.5 Å². The van der Waals surface area contributed by atoms with E-state index in [1.807, 2.05) is 18.2 Å². The molecule has 2 atom stereocenters. The number of ether oxygens (including phenoxy) is 1. The normalized spacial score (nSPS) is 23.3. The van der Waals surface area contributed by atoms with Crippen molar-refractivity contribution < 1.29 is 13.2 Å². The summed E-state index contributed by atoms with van der Waals surface area (Å²) in [7, 11) is -1.81. The first kappa shape index (κ1) is 21.2. The molecule has 6 nitrogen and oxygen atoms in total. The van der Waals surface area contributed by atoms with Crippen LogP contribution in [0.3, 0.4) is 0 Å². The summed E-state index contributed by atoms with van der Waals surface area (Å²) in [4.78, 5) is 5.22. The topological polar surface area (TPSA) is 61.9 Å². The van der Waals surface area contributed by atoms with Gasteiger partial charge in [0.05, 0.1) is 12.0 Å². The average molecular weight is 430 g/mol. The fraction of sp³-hybridized carbons (Fsp3) is 0.478. The van der Waals surface area contributed by atoms with Gasteiger partial charge in [-0.2, -0.15) is 0 Å². The fourth-order valence-corrected chi connectivity index (χ4v) is 5.98. The predicted octanol–water partition coefficient (Wildman–Crippen LogP) is 3.11.